The second-order valence-corrected chi connectivity index (χ2v) is 6.31. The van der Waals surface area contributed by atoms with E-state index in [1.54, 1.807) is 0 Å². The van der Waals surface area contributed by atoms with Crippen molar-refractivity contribution in [1.82, 2.24) is 10.2 Å². The highest BCUT2D eigenvalue weighted by Crippen LogP contribution is 2.48. The summed E-state index contributed by atoms with van der Waals surface area (Å²) in [4.78, 5) is 2.58. The van der Waals surface area contributed by atoms with Gasteiger partial charge in [-0.2, -0.15) is 0 Å². The van der Waals surface area contributed by atoms with Crippen LogP contribution in [0.4, 0.5) is 0 Å². The number of nitrogens with zero attached hydrogens (tertiary/aromatic N) is 1. The maximum absolute atomic E-state index is 9.95. The molecule has 0 amide bonds. The Bertz CT molecular complexity index is 261. The average molecular weight is 238 g/mol. The van der Waals surface area contributed by atoms with Gasteiger partial charge in [-0.25, -0.2) is 0 Å². The number of aliphatic hydroxyl groups excluding tert-OH is 1. The van der Waals surface area contributed by atoms with E-state index in [2.05, 4.69) is 10.2 Å². The normalized spacial score (nSPS) is 40.4. The number of rotatable bonds is 3. The van der Waals surface area contributed by atoms with Gasteiger partial charge in [-0.3, -0.25) is 4.90 Å². The van der Waals surface area contributed by atoms with Crippen molar-refractivity contribution < 1.29 is 5.11 Å². The largest absolute Gasteiger partial charge is 0.394 e. The van der Waals surface area contributed by atoms with Crippen molar-refractivity contribution in [2.24, 2.45) is 11.8 Å². The van der Waals surface area contributed by atoms with Crippen LogP contribution in [0.2, 0.25) is 0 Å². The third-order valence-electron chi connectivity index (χ3n) is 5.23. The highest BCUT2D eigenvalue weighted by atomic mass is 16.3. The maximum Gasteiger partial charge on any atom is 0.0615 e. The Balaban J connectivity index is 1.70. The molecule has 1 heterocycles. The second-order valence-electron chi connectivity index (χ2n) is 6.31. The molecule has 17 heavy (non-hydrogen) atoms. The summed E-state index contributed by atoms with van der Waals surface area (Å²) in [6, 6.07) is 0. The molecule has 0 aromatic heterocycles. The first-order chi connectivity index (χ1) is 8.34. The van der Waals surface area contributed by atoms with Gasteiger partial charge in [0.25, 0.3) is 0 Å². The van der Waals surface area contributed by atoms with Crippen molar-refractivity contribution >= 4 is 0 Å². The van der Waals surface area contributed by atoms with Crippen molar-refractivity contribution in [2.45, 2.75) is 44.1 Å². The summed E-state index contributed by atoms with van der Waals surface area (Å²) in [6.07, 6.45) is 8.12. The van der Waals surface area contributed by atoms with Gasteiger partial charge >= 0.3 is 0 Å². The number of hydrogen-bond donors (Lipinski definition) is 2. The smallest absolute Gasteiger partial charge is 0.0615 e. The van der Waals surface area contributed by atoms with Gasteiger partial charge < -0.3 is 10.4 Å². The molecule has 2 unspecified atom stereocenters. The molecule has 3 heteroatoms. The zero-order valence-corrected chi connectivity index (χ0v) is 10.8. The second kappa shape index (κ2) is 4.87. The lowest BCUT2D eigenvalue weighted by molar-refractivity contribution is -0.0246. The zero-order chi connectivity index (χ0) is 11.7. The molecular weight excluding hydrogens is 212 g/mol. The Labute approximate surface area is 105 Å². The van der Waals surface area contributed by atoms with Crippen LogP contribution in [-0.4, -0.2) is 48.3 Å². The van der Waals surface area contributed by atoms with E-state index in [4.69, 9.17) is 0 Å². The number of aliphatic hydroxyl groups is 1. The van der Waals surface area contributed by atoms with Crippen LogP contribution >= 0.6 is 0 Å². The van der Waals surface area contributed by atoms with E-state index in [1.807, 2.05) is 0 Å². The molecule has 2 N–H and O–H groups in total. The SMILES string of the molecule is OCC1(N2CCNCC2)CCCC(C2CC2)C1. The standard InChI is InChI=1S/C14H26N2O/c17-11-14(16-8-6-15-7-9-16)5-1-2-13(10-14)12-3-4-12/h12-13,15,17H,1-11H2. The van der Waals surface area contributed by atoms with E-state index in [-0.39, 0.29) is 5.54 Å². The summed E-state index contributed by atoms with van der Waals surface area (Å²) in [7, 11) is 0. The van der Waals surface area contributed by atoms with E-state index in [0.717, 1.165) is 38.0 Å². The number of nitrogens with one attached hydrogen (secondary N) is 1. The molecule has 3 fully saturated rings. The molecule has 3 nitrogen and oxygen atoms in total. The molecule has 0 bridgehead atoms. The lowest BCUT2D eigenvalue weighted by Crippen LogP contribution is -2.59. The van der Waals surface area contributed by atoms with Crippen molar-refractivity contribution in [1.29, 1.82) is 0 Å². The molecule has 2 saturated carbocycles. The molecule has 0 aromatic carbocycles. The van der Waals surface area contributed by atoms with Crippen LogP contribution < -0.4 is 5.32 Å². The van der Waals surface area contributed by atoms with Gasteiger partial charge in [-0.05, 0) is 37.5 Å². The minimum absolute atomic E-state index is 0.133. The summed E-state index contributed by atoms with van der Waals surface area (Å²) >= 11 is 0. The first-order valence-electron chi connectivity index (χ1n) is 7.41. The van der Waals surface area contributed by atoms with Crippen LogP contribution in [0.5, 0.6) is 0 Å². The summed E-state index contributed by atoms with van der Waals surface area (Å²) < 4.78 is 0. The Hall–Kier alpha value is -0.120. The Morgan fingerprint density at radius 1 is 1.12 bits per heavy atom. The summed E-state index contributed by atoms with van der Waals surface area (Å²) in [6.45, 7) is 4.80. The van der Waals surface area contributed by atoms with Crippen molar-refractivity contribution in [2.75, 3.05) is 32.8 Å². The third kappa shape index (κ3) is 2.38. The molecule has 3 aliphatic rings. The van der Waals surface area contributed by atoms with Gasteiger partial charge in [0.05, 0.1) is 6.61 Å². The average Bonchev–Trinajstić information content (AvgIpc) is 3.24. The molecular formula is C14H26N2O. The summed E-state index contributed by atoms with van der Waals surface area (Å²) in [5.74, 6) is 1.91. The predicted molar refractivity (Wildman–Crippen MR) is 68.9 cm³/mol. The van der Waals surface area contributed by atoms with Gasteiger partial charge in [0.1, 0.15) is 0 Å². The van der Waals surface area contributed by atoms with Crippen LogP contribution in [0.3, 0.4) is 0 Å². The maximum atomic E-state index is 9.95. The first-order valence-corrected chi connectivity index (χ1v) is 7.41. The summed E-state index contributed by atoms with van der Waals surface area (Å²) in [5, 5.41) is 13.4. The minimum Gasteiger partial charge on any atom is -0.394 e. The van der Waals surface area contributed by atoms with Gasteiger partial charge in [-0.1, -0.05) is 12.8 Å². The van der Waals surface area contributed by atoms with Crippen LogP contribution in [0, 0.1) is 11.8 Å². The monoisotopic (exact) mass is 238 g/mol. The van der Waals surface area contributed by atoms with Crippen LogP contribution in [0.25, 0.3) is 0 Å². The fraction of sp³-hybridized carbons (Fsp3) is 1.00. The van der Waals surface area contributed by atoms with Crippen molar-refractivity contribution in [3.8, 4) is 0 Å². The lowest BCUT2D eigenvalue weighted by Gasteiger charge is -2.49. The molecule has 2 atom stereocenters. The van der Waals surface area contributed by atoms with Crippen molar-refractivity contribution in [3.63, 3.8) is 0 Å². The van der Waals surface area contributed by atoms with Crippen LogP contribution in [0.15, 0.2) is 0 Å². The molecule has 98 valence electrons. The Morgan fingerprint density at radius 2 is 1.88 bits per heavy atom. The quantitative estimate of drug-likeness (QED) is 0.776. The zero-order valence-electron chi connectivity index (χ0n) is 10.8. The minimum atomic E-state index is 0.133. The molecule has 0 spiro atoms. The third-order valence-corrected chi connectivity index (χ3v) is 5.23. The van der Waals surface area contributed by atoms with Gasteiger partial charge in [0.15, 0.2) is 0 Å². The topological polar surface area (TPSA) is 35.5 Å². The van der Waals surface area contributed by atoms with E-state index < -0.39 is 0 Å². The highest BCUT2D eigenvalue weighted by Gasteiger charge is 2.44. The first kappa shape index (κ1) is 11.9. The van der Waals surface area contributed by atoms with Gasteiger partial charge in [0.2, 0.25) is 0 Å². The fourth-order valence-electron chi connectivity index (χ4n) is 4.03. The van der Waals surface area contributed by atoms with E-state index in [0.29, 0.717) is 6.61 Å². The summed E-state index contributed by atoms with van der Waals surface area (Å²) in [5.41, 5.74) is 0.133. The van der Waals surface area contributed by atoms with Gasteiger partial charge in [0, 0.05) is 31.7 Å². The Morgan fingerprint density at radius 3 is 2.53 bits per heavy atom. The molecule has 0 aromatic rings. The fourth-order valence-corrected chi connectivity index (χ4v) is 4.03. The molecule has 1 aliphatic heterocycles. The van der Waals surface area contributed by atoms with E-state index in [1.165, 1.54) is 38.5 Å². The number of hydrogen-bond acceptors (Lipinski definition) is 3. The van der Waals surface area contributed by atoms with E-state index in [9.17, 15) is 5.11 Å². The molecule has 0 radical (unpaired) electrons. The molecule has 2 aliphatic carbocycles. The van der Waals surface area contributed by atoms with Crippen LogP contribution in [0.1, 0.15) is 38.5 Å². The van der Waals surface area contributed by atoms with E-state index >= 15 is 0 Å². The van der Waals surface area contributed by atoms with Gasteiger partial charge in [-0.15, -0.1) is 0 Å². The molecule has 1 saturated heterocycles. The Kier molecular flexibility index (Phi) is 3.42. The van der Waals surface area contributed by atoms with Crippen LogP contribution in [-0.2, 0) is 0 Å². The predicted octanol–water partition coefficient (Wildman–Crippen LogP) is 1.22. The van der Waals surface area contributed by atoms with Crippen molar-refractivity contribution in [3.05, 3.63) is 0 Å². The highest BCUT2D eigenvalue weighted by molar-refractivity contribution is 4.99. The lowest BCUT2D eigenvalue weighted by atomic mass is 9.73. The molecule has 3 rings (SSSR count). The number of piperazine rings is 1.